The van der Waals surface area contributed by atoms with Crippen molar-refractivity contribution in [3.05, 3.63) is 29.3 Å². The van der Waals surface area contributed by atoms with Crippen molar-refractivity contribution in [2.24, 2.45) is 11.8 Å². The molecule has 1 aromatic rings. The smallest absolute Gasteiger partial charge is 0.227 e. The van der Waals surface area contributed by atoms with Crippen LogP contribution >= 0.6 is 11.6 Å². The average Bonchev–Trinajstić information content (AvgIpc) is 3.08. The number of anilines is 1. The summed E-state index contributed by atoms with van der Waals surface area (Å²) >= 11 is 5.93. The molecule has 0 saturated carbocycles. The molecule has 1 N–H and O–H groups in total. The van der Waals surface area contributed by atoms with Gasteiger partial charge in [-0.1, -0.05) is 18.0 Å². The lowest BCUT2D eigenvalue weighted by atomic mass is 9.83. The number of fused-ring (bicyclic) bond motifs is 1. The Balaban J connectivity index is 1.32. The van der Waals surface area contributed by atoms with Crippen LogP contribution in [0.5, 0.6) is 0 Å². The van der Waals surface area contributed by atoms with Gasteiger partial charge in [0.1, 0.15) is 0 Å². The van der Waals surface area contributed by atoms with Crippen molar-refractivity contribution in [1.29, 1.82) is 0 Å². The van der Waals surface area contributed by atoms with Crippen LogP contribution in [0, 0.1) is 11.8 Å². The predicted octanol–water partition coefficient (Wildman–Crippen LogP) is 3.07. The zero-order chi connectivity index (χ0) is 18.8. The van der Waals surface area contributed by atoms with E-state index in [9.17, 15) is 9.59 Å². The minimum atomic E-state index is -0.265. The van der Waals surface area contributed by atoms with E-state index in [1.165, 1.54) is 45.2 Å². The maximum Gasteiger partial charge on any atom is 0.227 e. The van der Waals surface area contributed by atoms with E-state index in [0.29, 0.717) is 23.5 Å². The Morgan fingerprint density at radius 2 is 1.89 bits per heavy atom. The molecular weight excluding hydrogens is 362 g/mol. The van der Waals surface area contributed by atoms with Gasteiger partial charge in [0, 0.05) is 36.3 Å². The topological polar surface area (TPSA) is 52.7 Å². The molecular formula is C21H28ClN3O2. The molecule has 0 bridgehead atoms. The molecule has 3 atom stereocenters. The standard InChI is InChI=1S/C21H28ClN3O2/c22-17-6-8-18(9-7-17)25-14-16(12-20(25)26)21(27)23-13-15-4-3-11-24-10-2-1-5-19(15)24/h6-9,15-16,19H,1-5,10-14H2,(H,23,27)/t15-,16-,19+/m0/s1. The number of hydrogen-bond donors (Lipinski definition) is 1. The molecule has 2 amide bonds. The van der Waals surface area contributed by atoms with Gasteiger partial charge in [-0.3, -0.25) is 9.59 Å². The minimum absolute atomic E-state index is 0.00796. The number of benzene rings is 1. The number of carbonyl (C=O) groups is 2. The van der Waals surface area contributed by atoms with E-state index in [2.05, 4.69) is 10.2 Å². The molecule has 3 aliphatic rings. The molecule has 4 rings (SSSR count). The van der Waals surface area contributed by atoms with Gasteiger partial charge >= 0.3 is 0 Å². The number of piperidine rings is 2. The second-order valence-corrected chi connectivity index (χ2v) is 8.56. The summed E-state index contributed by atoms with van der Waals surface area (Å²) in [6.45, 7) is 3.61. The predicted molar refractivity (Wildman–Crippen MR) is 107 cm³/mol. The van der Waals surface area contributed by atoms with Crippen LogP contribution in [0.15, 0.2) is 24.3 Å². The Kier molecular flexibility index (Phi) is 5.69. The first-order chi connectivity index (χ1) is 13.1. The summed E-state index contributed by atoms with van der Waals surface area (Å²) in [6.07, 6.45) is 6.58. The number of amides is 2. The van der Waals surface area contributed by atoms with Crippen molar-refractivity contribution in [3.63, 3.8) is 0 Å². The molecule has 0 radical (unpaired) electrons. The third-order valence-electron chi connectivity index (χ3n) is 6.40. The Bertz CT molecular complexity index is 691. The number of nitrogens with one attached hydrogen (secondary N) is 1. The van der Waals surface area contributed by atoms with Crippen LogP contribution in [-0.4, -0.2) is 48.9 Å². The molecule has 5 nitrogen and oxygen atoms in total. The third-order valence-corrected chi connectivity index (χ3v) is 6.65. The molecule has 3 fully saturated rings. The van der Waals surface area contributed by atoms with Crippen LogP contribution in [0.2, 0.25) is 5.02 Å². The van der Waals surface area contributed by atoms with E-state index < -0.39 is 0 Å². The molecule has 0 aromatic heterocycles. The molecule has 3 aliphatic heterocycles. The van der Waals surface area contributed by atoms with Gasteiger partial charge in [0.05, 0.1) is 5.92 Å². The zero-order valence-corrected chi connectivity index (χ0v) is 16.5. The highest BCUT2D eigenvalue weighted by molar-refractivity contribution is 6.30. The van der Waals surface area contributed by atoms with Crippen molar-refractivity contribution in [2.45, 2.75) is 44.6 Å². The molecule has 6 heteroatoms. The van der Waals surface area contributed by atoms with Gasteiger partial charge < -0.3 is 15.1 Å². The van der Waals surface area contributed by atoms with Crippen LogP contribution < -0.4 is 10.2 Å². The lowest BCUT2D eigenvalue weighted by Gasteiger charge is -2.44. The average molecular weight is 390 g/mol. The van der Waals surface area contributed by atoms with Crippen molar-refractivity contribution in [1.82, 2.24) is 10.2 Å². The summed E-state index contributed by atoms with van der Waals surface area (Å²) in [4.78, 5) is 29.4. The van der Waals surface area contributed by atoms with Crippen molar-refractivity contribution in [2.75, 3.05) is 31.1 Å². The van der Waals surface area contributed by atoms with Gasteiger partial charge in [0.2, 0.25) is 11.8 Å². The Morgan fingerprint density at radius 3 is 2.70 bits per heavy atom. The summed E-state index contributed by atoms with van der Waals surface area (Å²) in [5.74, 6) is 0.313. The lowest BCUT2D eigenvalue weighted by molar-refractivity contribution is -0.126. The van der Waals surface area contributed by atoms with Gasteiger partial charge in [-0.15, -0.1) is 0 Å². The van der Waals surface area contributed by atoms with E-state index in [-0.39, 0.29) is 24.2 Å². The summed E-state index contributed by atoms with van der Waals surface area (Å²) in [5, 5.41) is 3.81. The minimum Gasteiger partial charge on any atom is -0.355 e. The SMILES string of the molecule is O=C(NC[C@@H]1CCCN2CCCC[C@H]12)[C@H]1CC(=O)N(c2ccc(Cl)cc2)C1. The zero-order valence-electron chi connectivity index (χ0n) is 15.7. The van der Waals surface area contributed by atoms with E-state index >= 15 is 0 Å². The fourth-order valence-electron chi connectivity index (χ4n) is 4.95. The van der Waals surface area contributed by atoms with Gasteiger partial charge in [0.25, 0.3) is 0 Å². The Morgan fingerprint density at radius 1 is 1.11 bits per heavy atom. The molecule has 146 valence electrons. The van der Waals surface area contributed by atoms with E-state index in [1.54, 1.807) is 17.0 Å². The van der Waals surface area contributed by atoms with Gasteiger partial charge in [0.15, 0.2) is 0 Å². The number of hydrogen-bond acceptors (Lipinski definition) is 3. The number of rotatable bonds is 4. The van der Waals surface area contributed by atoms with Crippen molar-refractivity contribution < 1.29 is 9.59 Å². The first kappa shape index (κ1) is 18.8. The van der Waals surface area contributed by atoms with Crippen LogP contribution in [0.1, 0.15) is 38.5 Å². The van der Waals surface area contributed by atoms with Crippen molar-refractivity contribution >= 4 is 29.1 Å². The highest BCUT2D eigenvalue weighted by atomic mass is 35.5. The van der Waals surface area contributed by atoms with Crippen LogP contribution in [0.3, 0.4) is 0 Å². The third kappa shape index (κ3) is 4.14. The van der Waals surface area contributed by atoms with Crippen LogP contribution in [0.4, 0.5) is 5.69 Å². The van der Waals surface area contributed by atoms with Crippen LogP contribution in [0.25, 0.3) is 0 Å². The summed E-state index contributed by atoms with van der Waals surface area (Å²) in [6, 6.07) is 7.84. The van der Waals surface area contributed by atoms with Gasteiger partial charge in [-0.05, 0) is 69.0 Å². The fourth-order valence-corrected chi connectivity index (χ4v) is 5.07. The molecule has 3 saturated heterocycles. The maximum atomic E-state index is 12.7. The highest BCUT2D eigenvalue weighted by Gasteiger charge is 2.37. The Hall–Kier alpha value is -1.59. The summed E-state index contributed by atoms with van der Waals surface area (Å²) in [5.41, 5.74) is 0.810. The van der Waals surface area contributed by atoms with E-state index in [4.69, 9.17) is 11.6 Å². The largest absolute Gasteiger partial charge is 0.355 e. The van der Waals surface area contributed by atoms with Gasteiger partial charge in [-0.2, -0.15) is 0 Å². The highest BCUT2D eigenvalue weighted by Crippen LogP contribution is 2.31. The van der Waals surface area contributed by atoms with Gasteiger partial charge in [-0.25, -0.2) is 0 Å². The maximum absolute atomic E-state index is 12.7. The second kappa shape index (κ2) is 8.19. The molecule has 0 aliphatic carbocycles. The van der Waals surface area contributed by atoms with E-state index in [1.807, 2.05) is 12.1 Å². The second-order valence-electron chi connectivity index (χ2n) is 8.13. The monoisotopic (exact) mass is 389 g/mol. The fraction of sp³-hybridized carbons (Fsp3) is 0.619. The normalized spacial score (nSPS) is 28.9. The molecule has 27 heavy (non-hydrogen) atoms. The van der Waals surface area contributed by atoms with Crippen LogP contribution in [-0.2, 0) is 9.59 Å². The molecule has 1 aromatic carbocycles. The number of nitrogens with zero attached hydrogens (tertiary/aromatic N) is 2. The molecule has 3 heterocycles. The first-order valence-electron chi connectivity index (χ1n) is 10.2. The quantitative estimate of drug-likeness (QED) is 0.861. The lowest BCUT2D eigenvalue weighted by Crippen LogP contribution is -2.51. The number of halogens is 1. The summed E-state index contributed by atoms with van der Waals surface area (Å²) in [7, 11) is 0. The Labute approximate surface area is 166 Å². The summed E-state index contributed by atoms with van der Waals surface area (Å²) < 4.78 is 0. The van der Waals surface area contributed by atoms with Crippen molar-refractivity contribution in [3.8, 4) is 0 Å². The van der Waals surface area contributed by atoms with E-state index in [0.717, 1.165) is 12.2 Å². The molecule has 0 unspecified atom stereocenters. The molecule has 0 spiro atoms. The first-order valence-corrected chi connectivity index (χ1v) is 10.6. The number of carbonyl (C=O) groups excluding carboxylic acids is 2.